The van der Waals surface area contributed by atoms with Crippen LogP contribution in [-0.4, -0.2) is 38.8 Å². The van der Waals surface area contributed by atoms with Crippen LogP contribution in [0.1, 0.15) is 69.5 Å². The summed E-state index contributed by atoms with van der Waals surface area (Å²) in [4.78, 5) is 9.62. The Bertz CT molecular complexity index is 1020. The fourth-order valence-electron chi connectivity index (χ4n) is 4.09. The van der Waals surface area contributed by atoms with Crippen molar-refractivity contribution in [1.29, 1.82) is 0 Å². The number of benzene rings is 1. The summed E-state index contributed by atoms with van der Waals surface area (Å²) in [5.74, 6) is 2.45. The van der Waals surface area contributed by atoms with Crippen molar-refractivity contribution in [3.8, 4) is 5.75 Å². The van der Waals surface area contributed by atoms with Gasteiger partial charge < -0.3 is 21.1 Å². The van der Waals surface area contributed by atoms with Crippen molar-refractivity contribution in [3.05, 3.63) is 41.6 Å². The third kappa shape index (κ3) is 4.74. The number of hydrogen-bond donors (Lipinski definition) is 3. The zero-order valence-corrected chi connectivity index (χ0v) is 18.8. The summed E-state index contributed by atoms with van der Waals surface area (Å²) in [6, 6.07) is 8.71. The third-order valence-electron chi connectivity index (χ3n) is 6.06. The van der Waals surface area contributed by atoms with Gasteiger partial charge in [-0.3, -0.25) is 0 Å². The van der Waals surface area contributed by atoms with Crippen LogP contribution in [0.3, 0.4) is 0 Å². The van der Waals surface area contributed by atoms with Crippen molar-refractivity contribution in [2.75, 3.05) is 17.7 Å². The number of fused-ring (bicyclic) bond motifs is 1. The lowest BCUT2D eigenvalue weighted by Crippen LogP contribution is -2.33. The van der Waals surface area contributed by atoms with E-state index in [0.717, 1.165) is 48.2 Å². The van der Waals surface area contributed by atoms with Gasteiger partial charge in [0.2, 0.25) is 11.9 Å². The van der Waals surface area contributed by atoms with E-state index in [9.17, 15) is 0 Å². The first-order valence-corrected chi connectivity index (χ1v) is 11.1. The Balaban J connectivity index is 1.65. The number of methoxy groups -OCH3 is 1. The molecular formula is C23H33N7O. The molecule has 0 aliphatic heterocycles. The lowest BCUT2D eigenvalue weighted by molar-refractivity contribution is 0.410. The molecule has 4 N–H and O–H groups in total. The van der Waals surface area contributed by atoms with Crippen LogP contribution >= 0.6 is 0 Å². The van der Waals surface area contributed by atoms with E-state index in [4.69, 9.17) is 20.4 Å². The maximum absolute atomic E-state index is 6.07. The van der Waals surface area contributed by atoms with E-state index in [1.165, 1.54) is 0 Å². The van der Waals surface area contributed by atoms with Crippen molar-refractivity contribution in [3.63, 3.8) is 0 Å². The molecule has 166 valence electrons. The largest absolute Gasteiger partial charge is 0.497 e. The van der Waals surface area contributed by atoms with Gasteiger partial charge in [0.25, 0.3) is 0 Å². The number of anilines is 2. The topological polar surface area (TPSA) is 102 Å². The second kappa shape index (κ2) is 9.09. The lowest BCUT2D eigenvalue weighted by Gasteiger charge is -2.27. The smallest absolute Gasteiger partial charge is 0.229 e. The summed E-state index contributed by atoms with van der Waals surface area (Å²) < 4.78 is 7.18. The first-order valence-electron chi connectivity index (χ1n) is 11.1. The zero-order valence-electron chi connectivity index (χ0n) is 18.8. The summed E-state index contributed by atoms with van der Waals surface area (Å²) in [5, 5.41) is 11.6. The second-order valence-corrected chi connectivity index (χ2v) is 8.76. The average Bonchev–Trinajstić information content (AvgIpc) is 3.20. The van der Waals surface area contributed by atoms with Crippen LogP contribution in [0, 0.1) is 0 Å². The number of rotatable bonds is 7. The third-order valence-corrected chi connectivity index (χ3v) is 6.06. The summed E-state index contributed by atoms with van der Waals surface area (Å²) in [6.07, 6.45) is 6.02. The van der Waals surface area contributed by atoms with Crippen molar-refractivity contribution in [2.24, 2.45) is 5.73 Å². The molecule has 1 aliphatic rings. The van der Waals surface area contributed by atoms with Gasteiger partial charge in [0.15, 0.2) is 5.65 Å². The SMILES string of the molecule is COc1cccc(C(C)Nc2nc(NC3CCC(N)CC3)nc3c(C(C)C)cnn23)c1. The van der Waals surface area contributed by atoms with E-state index in [1.807, 2.05) is 24.4 Å². The van der Waals surface area contributed by atoms with Gasteiger partial charge >= 0.3 is 0 Å². The second-order valence-electron chi connectivity index (χ2n) is 8.76. The number of nitrogens with zero attached hydrogens (tertiary/aromatic N) is 4. The van der Waals surface area contributed by atoms with E-state index in [2.05, 4.69) is 42.6 Å². The van der Waals surface area contributed by atoms with Crippen molar-refractivity contribution in [1.82, 2.24) is 19.6 Å². The Hall–Kier alpha value is -2.87. The predicted octanol–water partition coefficient (Wildman–Crippen LogP) is 4.11. The Morgan fingerprint density at radius 3 is 2.61 bits per heavy atom. The number of nitrogens with one attached hydrogen (secondary N) is 2. The zero-order chi connectivity index (χ0) is 22.0. The van der Waals surface area contributed by atoms with Gasteiger partial charge in [-0.25, -0.2) is 0 Å². The number of aromatic nitrogens is 4. The highest BCUT2D eigenvalue weighted by atomic mass is 16.5. The molecule has 2 aromatic heterocycles. The predicted molar refractivity (Wildman–Crippen MR) is 124 cm³/mol. The molecule has 4 rings (SSSR count). The van der Waals surface area contributed by atoms with E-state index in [0.29, 0.717) is 29.9 Å². The average molecular weight is 424 g/mol. The molecule has 8 heteroatoms. The normalized spacial score (nSPS) is 20.1. The first-order chi connectivity index (χ1) is 14.9. The van der Waals surface area contributed by atoms with Gasteiger partial charge in [-0.15, -0.1) is 0 Å². The van der Waals surface area contributed by atoms with Crippen LogP contribution in [-0.2, 0) is 0 Å². The Kier molecular flexibility index (Phi) is 6.27. The van der Waals surface area contributed by atoms with Crippen molar-refractivity contribution < 1.29 is 4.74 Å². The molecule has 1 saturated carbocycles. The van der Waals surface area contributed by atoms with E-state index in [1.54, 1.807) is 11.6 Å². The van der Waals surface area contributed by atoms with Crippen molar-refractivity contribution >= 4 is 17.5 Å². The van der Waals surface area contributed by atoms with E-state index < -0.39 is 0 Å². The molecular weight excluding hydrogens is 390 g/mol. The highest BCUT2D eigenvalue weighted by Gasteiger charge is 2.21. The summed E-state index contributed by atoms with van der Waals surface area (Å²) in [7, 11) is 1.68. The van der Waals surface area contributed by atoms with Gasteiger partial charge in [0.05, 0.1) is 19.3 Å². The molecule has 8 nitrogen and oxygen atoms in total. The maximum Gasteiger partial charge on any atom is 0.229 e. The molecule has 3 aromatic rings. The van der Waals surface area contributed by atoms with Gasteiger partial charge in [0.1, 0.15) is 5.75 Å². The molecule has 31 heavy (non-hydrogen) atoms. The minimum absolute atomic E-state index is 0.0143. The molecule has 0 amide bonds. The summed E-state index contributed by atoms with van der Waals surface area (Å²) in [6.45, 7) is 6.41. The highest BCUT2D eigenvalue weighted by Crippen LogP contribution is 2.27. The van der Waals surface area contributed by atoms with Crippen LogP contribution < -0.4 is 21.1 Å². The fourth-order valence-corrected chi connectivity index (χ4v) is 4.09. The van der Waals surface area contributed by atoms with Crippen LogP contribution in [0.15, 0.2) is 30.5 Å². The number of nitrogens with two attached hydrogens (primary N) is 1. The first kappa shape index (κ1) is 21.4. The molecule has 1 fully saturated rings. The fraction of sp³-hybridized carbons (Fsp3) is 0.522. The Morgan fingerprint density at radius 1 is 1.13 bits per heavy atom. The molecule has 1 unspecified atom stereocenters. The minimum atomic E-state index is 0.0143. The molecule has 2 heterocycles. The quantitative estimate of drug-likeness (QED) is 0.525. The van der Waals surface area contributed by atoms with Crippen LogP contribution in [0.4, 0.5) is 11.9 Å². The van der Waals surface area contributed by atoms with E-state index in [-0.39, 0.29) is 6.04 Å². The number of ether oxygens (including phenoxy) is 1. The molecule has 1 aromatic carbocycles. The molecule has 0 bridgehead atoms. The van der Waals surface area contributed by atoms with Gasteiger partial charge in [-0.1, -0.05) is 26.0 Å². The standard InChI is InChI=1S/C23H33N7O/c1-14(2)20-13-25-30-21(20)28-22(27-18-10-8-17(24)9-11-18)29-23(30)26-15(3)16-6-5-7-19(12-16)31-4/h5-7,12-15,17-18H,8-11,24H2,1-4H3,(H2,26,27,28,29). The highest BCUT2D eigenvalue weighted by molar-refractivity contribution is 5.56. The molecule has 0 spiro atoms. The van der Waals surface area contributed by atoms with Crippen LogP contribution in [0.2, 0.25) is 0 Å². The summed E-state index contributed by atoms with van der Waals surface area (Å²) >= 11 is 0. The van der Waals surface area contributed by atoms with Crippen LogP contribution in [0.5, 0.6) is 5.75 Å². The summed E-state index contributed by atoms with van der Waals surface area (Å²) in [5.41, 5.74) is 9.12. The molecule has 0 saturated heterocycles. The van der Waals surface area contributed by atoms with Gasteiger partial charge in [-0.05, 0) is 56.2 Å². The molecule has 1 aliphatic carbocycles. The Morgan fingerprint density at radius 2 is 1.90 bits per heavy atom. The van der Waals surface area contributed by atoms with Gasteiger partial charge in [0, 0.05) is 17.6 Å². The monoisotopic (exact) mass is 423 g/mol. The van der Waals surface area contributed by atoms with Gasteiger partial charge in [-0.2, -0.15) is 19.6 Å². The van der Waals surface area contributed by atoms with Crippen LogP contribution in [0.25, 0.3) is 5.65 Å². The maximum atomic E-state index is 6.07. The minimum Gasteiger partial charge on any atom is -0.497 e. The molecule has 1 atom stereocenters. The Labute approximate surface area is 183 Å². The van der Waals surface area contributed by atoms with Crippen molar-refractivity contribution in [2.45, 2.75) is 70.5 Å². The lowest BCUT2D eigenvalue weighted by atomic mass is 9.92. The number of hydrogen-bond acceptors (Lipinski definition) is 7. The van der Waals surface area contributed by atoms with E-state index >= 15 is 0 Å². The molecule has 0 radical (unpaired) electrons.